The van der Waals surface area contributed by atoms with Gasteiger partial charge in [0.15, 0.2) is 0 Å². The highest BCUT2D eigenvalue weighted by atomic mass is 35.5. The summed E-state index contributed by atoms with van der Waals surface area (Å²) in [6, 6.07) is 5.97. The molecule has 5 heteroatoms. The number of halogens is 1. The van der Waals surface area contributed by atoms with Crippen molar-refractivity contribution in [2.75, 3.05) is 13.2 Å². The zero-order valence-corrected chi connectivity index (χ0v) is 13.1. The number of ether oxygens (including phenoxy) is 1. The van der Waals surface area contributed by atoms with Crippen LogP contribution < -0.4 is 10.1 Å². The van der Waals surface area contributed by atoms with Crippen molar-refractivity contribution >= 4 is 11.6 Å². The van der Waals surface area contributed by atoms with E-state index >= 15 is 0 Å². The molecule has 1 N–H and O–H groups in total. The number of aromatic nitrogens is 2. The number of rotatable bonds is 9. The number of hydrogen-bond acceptors (Lipinski definition) is 3. The number of aryl methyl sites for hydroxylation is 1. The molecule has 0 aliphatic rings. The van der Waals surface area contributed by atoms with Gasteiger partial charge in [0.2, 0.25) is 0 Å². The number of hydrogen-bond donors (Lipinski definition) is 1. The third-order valence-electron chi connectivity index (χ3n) is 3.13. The van der Waals surface area contributed by atoms with E-state index < -0.39 is 0 Å². The predicted octanol–water partition coefficient (Wildman–Crippen LogP) is 3.51. The molecule has 0 spiro atoms. The van der Waals surface area contributed by atoms with Gasteiger partial charge in [-0.1, -0.05) is 24.6 Å². The van der Waals surface area contributed by atoms with Crippen LogP contribution in [0.1, 0.15) is 25.3 Å². The Bertz CT molecular complexity index is 528. The van der Waals surface area contributed by atoms with Gasteiger partial charge in [-0.3, -0.25) is 0 Å². The van der Waals surface area contributed by atoms with Crippen LogP contribution in [0.5, 0.6) is 5.75 Å². The molecular formula is C16H22ClN3O. The van der Waals surface area contributed by atoms with Crippen molar-refractivity contribution in [3.8, 4) is 5.75 Å². The summed E-state index contributed by atoms with van der Waals surface area (Å²) in [6.45, 7) is 5.56. The van der Waals surface area contributed by atoms with E-state index in [4.69, 9.17) is 16.3 Å². The molecule has 0 fully saturated rings. The fraction of sp³-hybridized carbons (Fsp3) is 0.438. The molecule has 4 nitrogen and oxygen atoms in total. The Labute approximate surface area is 131 Å². The first kappa shape index (κ1) is 15.9. The molecule has 2 aromatic rings. The molecule has 1 aromatic carbocycles. The molecule has 0 aliphatic carbocycles. The second-order valence-electron chi connectivity index (χ2n) is 4.94. The van der Waals surface area contributed by atoms with E-state index in [0.717, 1.165) is 38.2 Å². The molecule has 21 heavy (non-hydrogen) atoms. The number of nitrogens with one attached hydrogen (secondary N) is 1. The quantitative estimate of drug-likeness (QED) is 0.721. The van der Waals surface area contributed by atoms with E-state index in [1.165, 1.54) is 5.56 Å². The lowest BCUT2D eigenvalue weighted by Crippen LogP contribution is -2.13. The van der Waals surface area contributed by atoms with E-state index in [1.807, 2.05) is 29.2 Å². The van der Waals surface area contributed by atoms with Crippen molar-refractivity contribution in [2.45, 2.75) is 32.9 Å². The lowest BCUT2D eigenvalue weighted by Gasteiger charge is -2.10. The lowest BCUT2D eigenvalue weighted by atomic mass is 10.2. The summed E-state index contributed by atoms with van der Waals surface area (Å²) in [5.41, 5.74) is 1.18. The first-order valence-electron chi connectivity index (χ1n) is 7.37. The Hall–Kier alpha value is -1.52. The molecule has 0 atom stereocenters. The lowest BCUT2D eigenvalue weighted by molar-refractivity contribution is 0.302. The topological polar surface area (TPSA) is 39.1 Å². The third kappa shape index (κ3) is 5.40. The highest BCUT2D eigenvalue weighted by molar-refractivity contribution is 6.32. The SMILES string of the molecule is CCCNCc1ccc(OCCCn2ccnc2)c(Cl)c1. The molecule has 0 radical (unpaired) electrons. The number of benzene rings is 1. The monoisotopic (exact) mass is 307 g/mol. The first-order valence-corrected chi connectivity index (χ1v) is 7.75. The standard InChI is InChI=1S/C16H22ClN3O/c1-2-6-18-12-14-4-5-16(15(17)11-14)21-10-3-8-20-9-7-19-13-20/h4-5,7,9,11,13,18H,2-3,6,8,10,12H2,1H3. The fourth-order valence-electron chi connectivity index (χ4n) is 2.03. The minimum absolute atomic E-state index is 0.644. The molecule has 0 saturated carbocycles. The Kier molecular flexibility index (Phi) is 6.57. The molecule has 1 heterocycles. The van der Waals surface area contributed by atoms with Crippen LogP contribution in [-0.4, -0.2) is 22.7 Å². The van der Waals surface area contributed by atoms with E-state index in [1.54, 1.807) is 6.20 Å². The second-order valence-corrected chi connectivity index (χ2v) is 5.35. The summed E-state index contributed by atoms with van der Waals surface area (Å²) < 4.78 is 7.76. The van der Waals surface area contributed by atoms with E-state index in [-0.39, 0.29) is 0 Å². The van der Waals surface area contributed by atoms with Crippen LogP contribution in [0.15, 0.2) is 36.9 Å². The second kappa shape index (κ2) is 8.70. The average Bonchev–Trinajstić information content (AvgIpc) is 2.99. The summed E-state index contributed by atoms with van der Waals surface area (Å²) in [7, 11) is 0. The van der Waals surface area contributed by atoms with Crippen LogP contribution in [0, 0.1) is 0 Å². The van der Waals surface area contributed by atoms with Crippen LogP contribution in [0.4, 0.5) is 0 Å². The fourth-order valence-corrected chi connectivity index (χ4v) is 2.29. The maximum absolute atomic E-state index is 6.25. The van der Waals surface area contributed by atoms with Crippen molar-refractivity contribution in [1.29, 1.82) is 0 Å². The number of nitrogens with zero attached hydrogens (tertiary/aromatic N) is 2. The molecule has 2 rings (SSSR count). The Morgan fingerprint density at radius 2 is 2.29 bits per heavy atom. The van der Waals surface area contributed by atoms with E-state index in [0.29, 0.717) is 11.6 Å². The molecule has 0 saturated heterocycles. The molecular weight excluding hydrogens is 286 g/mol. The zero-order valence-electron chi connectivity index (χ0n) is 12.4. The Morgan fingerprint density at radius 1 is 1.38 bits per heavy atom. The maximum Gasteiger partial charge on any atom is 0.137 e. The summed E-state index contributed by atoms with van der Waals surface area (Å²) in [5.74, 6) is 0.751. The average molecular weight is 308 g/mol. The van der Waals surface area contributed by atoms with Crippen LogP contribution in [-0.2, 0) is 13.1 Å². The first-order chi connectivity index (χ1) is 10.3. The van der Waals surface area contributed by atoms with Gasteiger partial charge < -0.3 is 14.6 Å². The van der Waals surface area contributed by atoms with Crippen molar-refractivity contribution in [1.82, 2.24) is 14.9 Å². The van der Waals surface area contributed by atoms with Crippen molar-refractivity contribution < 1.29 is 4.74 Å². The van der Waals surface area contributed by atoms with Crippen molar-refractivity contribution in [3.05, 3.63) is 47.5 Å². The van der Waals surface area contributed by atoms with Gasteiger partial charge in [0.25, 0.3) is 0 Å². The van der Waals surface area contributed by atoms with Gasteiger partial charge in [0.05, 0.1) is 18.0 Å². The summed E-state index contributed by atoms with van der Waals surface area (Å²) in [6.07, 6.45) is 7.59. The normalized spacial score (nSPS) is 10.8. The Morgan fingerprint density at radius 3 is 3.00 bits per heavy atom. The van der Waals surface area contributed by atoms with Gasteiger partial charge in [-0.05, 0) is 37.1 Å². The Balaban J connectivity index is 1.75. The minimum Gasteiger partial charge on any atom is -0.492 e. The van der Waals surface area contributed by atoms with Gasteiger partial charge in [0.1, 0.15) is 5.75 Å². The van der Waals surface area contributed by atoms with E-state index in [2.05, 4.69) is 23.3 Å². The molecule has 0 aliphatic heterocycles. The largest absolute Gasteiger partial charge is 0.492 e. The van der Waals surface area contributed by atoms with Crippen molar-refractivity contribution in [2.24, 2.45) is 0 Å². The number of imidazole rings is 1. The highest BCUT2D eigenvalue weighted by Gasteiger charge is 2.03. The summed E-state index contributed by atoms with van der Waals surface area (Å²) in [5, 5.41) is 4.03. The van der Waals surface area contributed by atoms with Gasteiger partial charge in [-0.2, -0.15) is 0 Å². The molecule has 1 aromatic heterocycles. The van der Waals surface area contributed by atoms with Crippen LogP contribution in [0.3, 0.4) is 0 Å². The van der Waals surface area contributed by atoms with Crippen LogP contribution >= 0.6 is 11.6 Å². The summed E-state index contributed by atoms with van der Waals surface area (Å²) in [4.78, 5) is 4.01. The zero-order chi connectivity index (χ0) is 14.9. The third-order valence-corrected chi connectivity index (χ3v) is 3.42. The van der Waals surface area contributed by atoms with E-state index in [9.17, 15) is 0 Å². The van der Waals surface area contributed by atoms with Gasteiger partial charge in [0, 0.05) is 25.5 Å². The highest BCUT2D eigenvalue weighted by Crippen LogP contribution is 2.25. The minimum atomic E-state index is 0.644. The van der Waals surface area contributed by atoms with Gasteiger partial charge in [-0.15, -0.1) is 0 Å². The predicted molar refractivity (Wildman–Crippen MR) is 85.8 cm³/mol. The maximum atomic E-state index is 6.25. The smallest absolute Gasteiger partial charge is 0.137 e. The van der Waals surface area contributed by atoms with Crippen LogP contribution in [0.25, 0.3) is 0 Å². The van der Waals surface area contributed by atoms with Gasteiger partial charge >= 0.3 is 0 Å². The van der Waals surface area contributed by atoms with Crippen molar-refractivity contribution in [3.63, 3.8) is 0 Å². The van der Waals surface area contributed by atoms with Crippen LogP contribution in [0.2, 0.25) is 5.02 Å². The molecule has 0 unspecified atom stereocenters. The summed E-state index contributed by atoms with van der Waals surface area (Å²) >= 11 is 6.25. The molecule has 0 bridgehead atoms. The van der Waals surface area contributed by atoms with Gasteiger partial charge in [-0.25, -0.2) is 4.98 Å². The molecule has 0 amide bonds. The molecule has 114 valence electrons.